The summed E-state index contributed by atoms with van der Waals surface area (Å²) in [6.45, 7) is 4.21. The molecule has 1 unspecified atom stereocenters. The van der Waals surface area contributed by atoms with E-state index in [-0.39, 0.29) is 5.91 Å². The van der Waals surface area contributed by atoms with E-state index in [1.807, 2.05) is 18.2 Å². The Kier molecular flexibility index (Phi) is 5.34. The first kappa shape index (κ1) is 16.2. The molecule has 0 fully saturated rings. The highest BCUT2D eigenvalue weighted by molar-refractivity contribution is 5.82. The highest BCUT2D eigenvalue weighted by atomic mass is 16.5. The van der Waals surface area contributed by atoms with Crippen molar-refractivity contribution in [3.05, 3.63) is 70.3 Å². The summed E-state index contributed by atoms with van der Waals surface area (Å²) in [5.41, 5.74) is 5.82. The predicted molar refractivity (Wildman–Crippen MR) is 89.0 cm³/mol. The first-order valence-electron chi connectivity index (χ1n) is 7.45. The molecular formula is C19H23NO2. The topological polar surface area (TPSA) is 38.3 Å². The molecule has 0 bridgehead atoms. The van der Waals surface area contributed by atoms with Gasteiger partial charge in [0.15, 0.2) is 6.10 Å². The molecule has 0 aliphatic heterocycles. The van der Waals surface area contributed by atoms with Gasteiger partial charge in [-0.1, -0.05) is 48.0 Å². The third kappa shape index (κ3) is 3.55. The second-order valence-corrected chi connectivity index (χ2v) is 5.54. The van der Waals surface area contributed by atoms with Gasteiger partial charge in [-0.05, 0) is 42.5 Å². The van der Waals surface area contributed by atoms with E-state index in [1.54, 1.807) is 14.2 Å². The molecule has 2 aromatic rings. The Hall–Kier alpha value is -2.13. The summed E-state index contributed by atoms with van der Waals surface area (Å²) >= 11 is 0. The zero-order valence-corrected chi connectivity index (χ0v) is 13.6. The van der Waals surface area contributed by atoms with Crippen molar-refractivity contribution in [3.63, 3.8) is 0 Å². The zero-order chi connectivity index (χ0) is 16.1. The summed E-state index contributed by atoms with van der Waals surface area (Å²) in [6.07, 6.45) is 0.215. The van der Waals surface area contributed by atoms with E-state index < -0.39 is 6.10 Å². The molecule has 3 nitrogen and oxygen atoms in total. The summed E-state index contributed by atoms with van der Waals surface area (Å²) in [5.74, 6) is -0.129. The van der Waals surface area contributed by atoms with E-state index in [0.29, 0.717) is 0 Å². The Morgan fingerprint density at radius 2 is 1.86 bits per heavy atom. The molecule has 1 amide bonds. The van der Waals surface area contributed by atoms with Crippen molar-refractivity contribution in [2.75, 3.05) is 14.2 Å². The number of carbonyl (C=O) groups excluding carboxylic acids is 1. The van der Waals surface area contributed by atoms with E-state index >= 15 is 0 Å². The summed E-state index contributed by atoms with van der Waals surface area (Å²) in [6, 6.07) is 14.4. The number of ether oxygens (including phenoxy) is 1. The summed E-state index contributed by atoms with van der Waals surface area (Å²) in [7, 11) is 3.19. The van der Waals surface area contributed by atoms with Crippen LogP contribution < -0.4 is 5.32 Å². The number of amides is 1. The maximum absolute atomic E-state index is 12.0. The van der Waals surface area contributed by atoms with E-state index in [0.717, 1.165) is 17.5 Å². The van der Waals surface area contributed by atoms with Crippen molar-refractivity contribution in [2.45, 2.75) is 26.4 Å². The molecule has 0 aliphatic rings. The van der Waals surface area contributed by atoms with Crippen LogP contribution in [0.5, 0.6) is 0 Å². The Labute approximate surface area is 132 Å². The molecule has 1 N–H and O–H groups in total. The minimum absolute atomic E-state index is 0.129. The van der Waals surface area contributed by atoms with Gasteiger partial charge in [-0.2, -0.15) is 0 Å². The lowest BCUT2D eigenvalue weighted by Crippen LogP contribution is -2.27. The number of rotatable bonds is 5. The normalized spacial score (nSPS) is 12.0. The van der Waals surface area contributed by atoms with Gasteiger partial charge in [-0.25, -0.2) is 0 Å². The largest absolute Gasteiger partial charge is 0.367 e. The van der Waals surface area contributed by atoms with Crippen LogP contribution >= 0.6 is 0 Å². The average molecular weight is 297 g/mol. The second-order valence-electron chi connectivity index (χ2n) is 5.54. The van der Waals surface area contributed by atoms with Crippen LogP contribution in [0.4, 0.5) is 0 Å². The van der Waals surface area contributed by atoms with Crippen molar-refractivity contribution in [2.24, 2.45) is 0 Å². The molecule has 1 atom stereocenters. The summed E-state index contributed by atoms with van der Waals surface area (Å²) < 4.78 is 5.41. The Bertz CT molecular complexity index is 664. The molecule has 116 valence electrons. The van der Waals surface area contributed by atoms with Crippen LogP contribution in [0.25, 0.3) is 0 Å². The first-order chi connectivity index (χ1) is 10.6. The molecule has 2 aromatic carbocycles. The molecule has 0 aliphatic carbocycles. The molecule has 0 radical (unpaired) electrons. The third-order valence-electron chi connectivity index (χ3n) is 3.94. The van der Waals surface area contributed by atoms with Crippen molar-refractivity contribution >= 4 is 5.91 Å². The van der Waals surface area contributed by atoms with Gasteiger partial charge in [0.2, 0.25) is 0 Å². The maximum atomic E-state index is 12.0. The summed E-state index contributed by atoms with van der Waals surface area (Å²) in [5, 5.41) is 2.66. The molecule has 22 heavy (non-hydrogen) atoms. The minimum atomic E-state index is -0.577. The molecule has 0 saturated heterocycles. The molecule has 0 saturated carbocycles. The van der Waals surface area contributed by atoms with Crippen molar-refractivity contribution in [1.29, 1.82) is 0 Å². The fourth-order valence-corrected chi connectivity index (χ4v) is 2.65. The first-order valence-corrected chi connectivity index (χ1v) is 7.45. The second kappa shape index (κ2) is 7.23. The lowest BCUT2D eigenvalue weighted by atomic mass is 9.93. The number of methoxy groups -OCH3 is 1. The van der Waals surface area contributed by atoms with Crippen molar-refractivity contribution in [3.8, 4) is 0 Å². The lowest BCUT2D eigenvalue weighted by molar-refractivity contribution is -0.130. The summed E-state index contributed by atoms with van der Waals surface area (Å²) in [4.78, 5) is 12.0. The van der Waals surface area contributed by atoms with Crippen LogP contribution in [-0.2, 0) is 16.0 Å². The number of benzene rings is 2. The Morgan fingerprint density at radius 3 is 2.55 bits per heavy atom. The van der Waals surface area contributed by atoms with Gasteiger partial charge in [0, 0.05) is 14.2 Å². The zero-order valence-electron chi connectivity index (χ0n) is 13.6. The highest BCUT2D eigenvalue weighted by Gasteiger charge is 2.21. The van der Waals surface area contributed by atoms with Gasteiger partial charge in [-0.3, -0.25) is 4.79 Å². The van der Waals surface area contributed by atoms with E-state index in [2.05, 4.69) is 43.4 Å². The number of likely N-dealkylation sites (N-methyl/N-ethyl adjacent to an activating group) is 1. The van der Waals surface area contributed by atoms with E-state index in [9.17, 15) is 4.79 Å². The Balaban J connectivity index is 2.40. The van der Waals surface area contributed by atoms with Crippen LogP contribution in [0, 0.1) is 13.8 Å². The van der Waals surface area contributed by atoms with E-state index in [1.165, 1.54) is 16.7 Å². The predicted octanol–water partition coefficient (Wildman–Crippen LogP) is 3.33. The van der Waals surface area contributed by atoms with Crippen LogP contribution in [0.2, 0.25) is 0 Å². The number of aryl methyl sites for hydroxylation is 2. The average Bonchev–Trinajstić information content (AvgIpc) is 2.53. The molecular weight excluding hydrogens is 274 g/mol. The lowest BCUT2D eigenvalue weighted by Gasteiger charge is -2.18. The van der Waals surface area contributed by atoms with Gasteiger partial charge >= 0.3 is 0 Å². The van der Waals surface area contributed by atoms with Crippen molar-refractivity contribution in [1.82, 2.24) is 5.32 Å². The molecule has 0 aromatic heterocycles. The molecule has 0 spiro atoms. The van der Waals surface area contributed by atoms with Gasteiger partial charge in [0.1, 0.15) is 0 Å². The number of hydrogen-bond acceptors (Lipinski definition) is 2. The van der Waals surface area contributed by atoms with Crippen LogP contribution in [0.15, 0.2) is 42.5 Å². The van der Waals surface area contributed by atoms with Crippen molar-refractivity contribution < 1.29 is 9.53 Å². The standard InChI is InChI=1S/C19H23NO2/c1-13-9-10-14(2)16(11-13)12-15-7-5-6-8-17(15)18(22-4)19(21)20-3/h5-11,18H,12H2,1-4H3,(H,20,21). The van der Waals surface area contributed by atoms with Gasteiger partial charge < -0.3 is 10.1 Å². The number of nitrogens with one attached hydrogen (secondary N) is 1. The smallest absolute Gasteiger partial charge is 0.253 e. The highest BCUT2D eigenvalue weighted by Crippen LogP contribution is 2.25. The van der Waals surface area contributed by atoms with Crippen LogP contribution in [0.1, 0.15) is 33.9 Å². The fourth-order valence-electron chi connectivity index (χ4n) is 2.65. The number of hydrogen-bond donors (Lipinski definition) is 1. The van der Waals surface area contributed by atoms with Gasteiger partial charge in [0.05, 0.1) is 0 Å². The molecule has 0 heterocycles. The fraction of sp³-hybridized carbons (Fsp3) is 0.316. The van der Waals surface area contributed by atoms with E-state index in [4.69, 9.17) is 4.74 Å². The quantitative estimate of drug-likeness (QED) is 0.919. The number of carbonyl (C=O) groups is 1. The van der Waals surface area contributed by atoms with Crippen LogP contribution in [-0.4, -0.2) is 20.1 Å². The SMILES string of the molecule is CNC(=O)C(OC)c1ccccc1Cc1cc(C)ccc1C. The monoisotopic (exact) mass is 297 g/mol. The molecule has 2 rings (SSSR count). The Morgan fingerprint density at radius 1 is 1.14 bits per heavy atom. The molecule has 3 heteroatoms. The maximum Gasteiger partial charge on any atom is 0.253 e. The minimum Gasteiger partial charge on any atom is -0.367 e. The van der Waals surface area contributed by atoms with Crippen LogP contribution in [0.3, 0.4) is 0 Å². The third-order valence-corrected chi connectivity index (χ3v) is 3.94. The van der Waals surface area contributed by atoms with Gasteiger partial charge in [-0.15, -0.1) is 0 Å². The van der Waals surface area contributed by atoms with Gasteiger partial charge in [0.25, 0.3) is 5.91 Å².